The Balaban J connectivity index is 2.15. The van der Waals surface area contributed by atoms with Gasteiger partial charge in [-0.15, -0.1) is 0 Å². The van der Waals surface area contributed by atoms with Crippen molar-refractivity contribution in [1.82, 2.24) is 9.29 Å². The van der Waals surface area contributed by atoms with Gasteiger partial charge in [0.05, 0.1) is 13.1 Å². The number of anilines is 1. The van der Waals surface area contributed by atoms with Crippen molar-refractivity contribution in [2.75, 3.05) is 18.1 Å². The Morgan fingerprint density at radius 3 is 2.43 bits per heavy atom. The molecule has 0 aliphatic carbocycles. The van der Waals surface area contributed by atoms with Crippen LogP contribution in [0.2, 0.25) is 0 Å². The third-order valence-corrected chi connectivity index (χ3v) is 4.24. The van der Waals surface area contributed by atoms with Gasteiger partial charge in [0.2, 0.25) is 0 Å². The third kappa shape index (κ3) is 3.08. The van der Waals surface area contributed by atoms with E-state index in [1.807, 2.05) is 0 Å². The highest BCUT2D eigenvalue weighted by Crippen LogP contribution is 2.27. The van der Waals surface area contributed by atoms with E-state index < -0.39 is 15.5 Å². The molecule has 7 nitrogen and oxygen atoms in total. The summed E-state index contributed by atoms with van der Waals surface area (Å²) in [5.41, 5.74) is 0.870. The van der Waals surface area contributed by atoms with Crippen molar-refractivity contribution in [2.24, 2.45) is 10.8 Å². The first kappa shape index (κ1) is 15.5. The zero-order valence-corrected chi connectivity index (χ0v) is 11.5. The minimum absolute atomic E-state index is 0.0409. The van der Waals surface area contributed by atoms with Gasteiger partial charge in [0.1, 0.15) is 12.2 Å². The van der Waals surface area contributed by atoms with Crippen LogP contribution in [0, 0.1) is 0 Å². The topological polar surface area (TPSA) is 91.9 Å². The van der Waals surface area contributed by atoms with Crippen molar-refractivity contribution < 1.29 is 21.6 Å². The molecule has 0 radical (unpaired) electrons. The van der Waals surface area contributed by atoms with E-state index in [0.29, 0.717) is 18.7 Å². The summed E-state index contributed by atoms with van der Waals surface area (Å²) >= 11 is 0. The molecule has 0 amide bonds. The first-order chi connectivity index (χ1) is 9.75. The van der Waals surface area contributed by atoms with E-state index >= 15 is 0 Å². The molecule has 0 spiro atoms. The molecule has 11 heteroatoms. The number of halogens is 3. The zero-order chi connectivity index (χ0) is 15.7. The molecule has 116 valence electrons. The number of pyridine rings is 1. The van der Waals surface area contributed by atoms with Gasteiger partial charge in [-0.05, 0) is 11.6 Å². The lowest BCUT2D eigenvalue weighted by molar-refractivity contribution is -0.0471. The van der Waals surface area contributed by atoms with Crippen LogP contribution in [-0.2, 0) is 16.6 Å². The fraction of sp³-hybridized carbons (Fsp3) is 0.400. The van der Waals surface area contributed by atoms with Crippen molar-refractivity contribution in [1.29, 1.82) is 0 Å². The van der Waals surface area contributed by atoms with Crippen LogP contribution in [0.3, 0.4) is 0 Å². The van der Waals surface area contributed by atoms with Gasteiger partial charge in [-0.1, -0.05) is 6.07 Å². The number of rotatable bonds is 3. The molecule has 21 heavy (non-hydrogen) atoms. The van der Waals surface area contributed by atoms with Gasteiger partial charge in [0.25, 0.3) is 0 Å². The quantitative estimate of drug-likeness (QED) is 0.872. The third-order valence-electron chi connectivity index (χ3n) is 2.76. The number of nitrogens with zero attached hydrogens (tertiary/aromatic N) is 4. The first-order valence-electron chi connectivity index (χ1n) is 5.80. The standard InChI is InChI=1S/C10H12F3N5O2S/c11-10(12,13)21(19,20)17-3-4-18(16-7-17)9-2-1-8(5-14)6-15-9/h1-2,6-7H,3-5,14H2. The molecule has 0 bridgehead atoms. The Kier molecular flexibility index (Phi) is 4.05. The summed E-state index contributed by atoms with van der Waals surface area (Å²) in [5, 5.41) is 4.99. The minimum atomic E-state index is -5.40. The van der Waals surface area contributed by atoms with E-state index in [1.54, 1.807) is 12.1 Å². The van der Waals surface area contributed by atoms with Gasteiger partial charge in [-0.3, -0.25) is 0 Å². The zero-order valence-electron chi connectivity index (χ0n) is 10.7. The van der Waals surface area contributed by atoms with Crippen molar-refractivity contribution in [3.63, 3.8) is 0 Å². The summed E-state index contributed by atoms with van der Waals surface area (Å²) in [6, 6.07) is 3.31. The molecule has 0 aromatic carbocycles. The second kappa shape index (κ2) is 5.48. The van der Waals surface area contributed by atoms with Gasteiger partial charge in [-0.2, -0.15) is 26.7 Å². The predicted molar refractivity (Wildman–Crippen MR) is 69.6 cm³/mol. The SMILES string of the molecule is NCc1ccc(N2CCN(S(=O)(=O)C(F)(F)F)C=N2)nc1. The van der Waals surface area contributed by atoms with Crippen LogP contribution in [0.15, 0.2) is 23.4 Å². The van der Waals surface area contributed by atoms with Crippen LogP contribution in [0.1, 0.15) is 5.56 Å². The molecule has 2 rings (SSSR count). The second-order valence-corrected chi connectivity index (χ2v) is 6.03. The normalized spacial score (nSPS) is 16.4. The lowest BCUT2D eigenvalue weighted by Crippen LogP contribution is -2.46. The first-order valence-corrected chi connectivity index (χ1v) is 7.24. The maximum atomic E-state index is 12.4. The molecule has 0 saturated heterocycles. The van der Waals surface area contributed by atoms with E-state index in [2.05, 4.69) is 10.1 Å². The average molecular weight is 323 g/mol. The Labute approximate surface area is 118 Å². The lowest BCUT2D eigenvalue weighted by Gasteiger charge is -2.29. The fourth-order valence-electron chi connectivity index (χ4n) is 1.61. The molecule has 1 aromatic rings. The molecule has 2 heterocycles. The van der Waals surface area contributed by atoms with Crippen molar-refractivity contribution in [3.05, 3.63) is 23.9 Å². The van der Waals surface area contributed by atoms with Gasteiger partial charge in [0, 0.05) is 12.7 Å². The Morgan fingerprint density at radius 1 is 1.29 bits per heavy atom. The van der Waals surface area contributed by atoms with Gasteiger partial charge in [-0.25, -0.2) is 14.3 Å². The molecule has 1 aliphatic rings. The highest BCUT2D eigenvalue weighted by Gasteiger charge is 2.50. The van der Waals surface area contributed by atoms with Crippen LogP contribution < -0.4 is 10.7 Å². The molecule has 1 aromatic heterocycles. The van der Waals surface area contributed by atoms with Gasteiger partial charge < -0.3 is 5.73 Å². The number of hydrogen-bond donors (Lipinski definition) is 1. The van der Waals surface area contributed by atoms with Crippen molar-refractivity contribution in [3.8, 4) is 0 Å². The summed E-state index contributed by atoms with van der Waals surface area (Å²) < 4.78 is 59.7. The van der Waals surface area contributed by atoms with Crippen LogP contribution in [0.4, 0.5) is 19.0 Å². The van der Waals surface area contributed by atoms with Crippen LogP contribution in [-0.4, -0.2) is 42.6 Å². The van der Waals surface area contributed by atoms with Gasteiger partial charge in [0.15, 0.2) is 0 Å². The van der Waals surface area contributed by atoms with Crippen molar-refractivity contribution >= 4 is 22.2 Å². The molecule has 0 fully saturated rings. The Morgan fingerprint density at radius 2 is 2.00 bits per heavy atom. The summed E-state index contributed by atoms with van der Waals surface area (Å²) in [6.07, 6.45) is 2.15. The fourth-order valence-corrected chi connectivity index (χ4v) is 2.36. The number of sulfonamides is 1. The monoisotopic (exact) mass is 323 g/mol. The lowest BCUT2D eigenvalue weighted by atomic mass is 10.3. The van der Waals surface area contributed by atoms with Crippen LogP contribution in [0.25, 0.3) is 0 Å². The molecule has 2 N–H and O–H groups in total. The summed E-state index contributed by atoms with van der Waals surface area (Å²) in [5.74, 6) is 0.396. The highest BCUT2D eigenvalue weighted by molar-refractivity contribution is 7.90. The number of hydrogen-bond acceptors (Lipinski definition) is 6. The summed E-state index contributed by atoms with van der Waals surface area (Å²) in [6.45, 7) is -0.0966. The predicted octanol–water partition coefficient (Wildman–Crippen LogP) is 0.455. The number of nitrogens with two attached hydrogens (primary N) is 1. The van der Waals surface area contributed by atoms with Crippen LogP contribution in [0.5, 0.6) is 0 Å². The largest absolute Gasteiger partial charge is 0.516 e. The average Bonchev–Trinajstić information content (AvgIpc) is 2.46. The number of aromatic nitrogens is 1. The maximum absolute atomic E-state index is 12.4. The highest BCUT2D eigenvalue weighted by atomic mass is 32.2. The summed E-state index contributed by atoms with van der Waals surface area (Å²) in [4.78, 5) is 4.05. The van der Waals surface area contributed by atoms with E-state index in [9.17, 15) is 21.6 Å². The van der Waals surface area contributed by atoms with E-state index in [-0.39, 0.29) is 17.4 Å². The van der Waals surface area contributed by atoms with Crippen LogP contribution >= 0.6 is 0 Å². The Bertz CT molecular complexity index is 629. The number of alkyl halides is 3. The molecule has 0 atom stereocenters. The Hall–Kier alpha value is -1.88. The molecular weight excluding hydrogens is 311 g/mol. The smallest absolute Gasteiger partial charge is 0.326 e. The van der Waals surface area contributed by atoms with E-state index in [4.69, 9.17) is 5.73 Å². The van der Waals surface area contributed by atoms with E-state index in [1.165, 1.54) is 11.2 Å². The second-order valence-electron chi connectivity index (χ2n) is 4.14. The minimum Gasteiger partial charge on any atom is -0.326 e. The maximum Gasteiger partial charge on any atom is 0.516 e. The van der Waals surface area contributed by atoms with Gasteiger partial charge >= 0.3 is 15.5 Å². The number of hydrazone groups is 1. The summed E-state index contributed by atoms with van der Waals surface area (Å²) in [7, 11) is -5.40. The van der Waals surface area contributed by atoms with Crippen molar-refractivity contribution in [2.45, 2.75) is 12.1 Å². The molecular formula is C10H12F3N5O2S. The molecule has 1 aliphatic heterocycles. The molecule has 0 unspecified atom stereocenters. The van der Waals surface area contributed by atoms with E-state index in [0.717, 1.165) is 5.56 Å². The molecule has 0 saturated carbocycles.